The smallest absolute Gasteiger partial charge is 0.271 e. The molecule has 0 saturated carbocycles. The molecule has 0 aromatic heterocycles. The number of para-hydroxylation sites is 1. The number of carbonyl (C=O) groups excluding carboxylic acids is 1. The summed E-state index contributed by atoms with van der Waals surface area (Å²) in [6.07, 6.45) is 0. The minimum atomic E-state index is -0.435. The van der Waals surface area contributed by atoms with Crippen molar-refractivity contribution >= 4 is 11.6 Å². The molecule has 5 nitrogen and oxygen atoms in total. The third kappa shape index (κ3) is 3.14. The molecule has 0 radical (unpaired) electrons. The molecule has 0 heterocycles. The number of carbonyl (C=O) groups is 1. The van der Waals surface area contributed by atoms with E-state index in [0.717, 1.165) is 0 Å². The maximum atomic E-state index is 11.8. The maximum Gasteiger partial charge on any atom is 0.271 e. The van der Waals surface area contributed by atoms with Gasteiger partial charge in [-0.2, -0.15) is 5.10 Å². The Kier molecular flexibility index (Phi) is 4.00. The van der Waals surface area contributed by atoms with Gasteiger partial charge in [-0.05, 0) is 37.3 Å². The highest BCUT2D eigenvalue weighted by Gasteiger charge is 2.07. The largest absolute Gasteiger partial charge is 0.508 e. The summed E-state index contributed by atoms with van der Waals surface area (Å²) in [5, 5.41) is 22.9. The molecule has 0 aliphatic carbocycles. The van der Waals surface area contributed by atoms with Gasteiger partial charge in [0, 0.05) is 11.1 Å². The number of hydrogen-bond acceptors (Lipinski definition) is 4. The topological polar surface area (TPSA) is 81.9 Å². The third-order valence-electron chi connectivity index (χ3n) is 2.73. The predicted molar refractivity (Wildman–Crippen MR) is 75.9 cm³/mol. The van der Waals surface area contributed by atoms with E-state index in [0.29, 0.717) is 16.8 Å². The molecule has 0 spiro atoms. The number of phenols is 2. The van der Waals surface area contributed by atoms with Gasteiger partial charge in [0.15, 0.2) is 0 Å². The summed E-state index contributed by atoms with van der Waals surface area (Å²) >= 11 is 0. The molecule has 1 amide bonds. The minimum absolute atomic E-state index is 0.0130. The molecule has 3 N–H and O–H groups in total. The number of nitrogens with one attached hydrogen (secondary N) is 1. The summed E-state index contributed by atoms with van der Waals surface area (Å²) in [7, 11) is 0. The Morgan fingerprint density at radius 1 is 1.10 bits per heavy atom. The van der Waals surface area contributed by atoms with Gasteiger partial charge in [0.05, 0.1) is 5.71 Å². The quantitative estimate of drug-likeness (QED) is 0.591. The zero-order chi connectivity index (χ0) is 14.5. The van der Waals surface area contributed by atoms with Crippen LogP contribution in [0.1, 0.15) is 22.8 Å². The van der Waals surface area contributed by atoms with Crippen molar-refractivity contribution in [3.8, 4) is 11.5 Å². The first-order valence-corrected chi connectivity index (χ1v) is 6.00. The van der Waals surface area contributed by atoms with Crippen LogP contribution in [0.2, 0.25) is 0 Å². The molecule has 2 aromatic carbocycles. The molecule has 5 heteroatoms. The fourth-order valence-corrected chi connectivity index (χ4v) is 1.69. The lowest BCUT2D eigenvalue weighted by Crippen LogP contribution is -2.19. The molecule has 0 bridgehead atoms. The van der Waals surface area contributed by atoms with Gasteiger partial charge < -0.3 is 10.2 Å². The van der Waals surface area contributed by atoms with Crippen molar-refractivity contribution in [2.24, 2.45) is 5.10 Å². The molecule has 0 aliphatic heterocycles. The van der Waals surface area contributed by atoms with E-state index in [2.05, 4.69) is 10.5 Å². The van der Waals surface area contributed by atoms with Crippen LogP contribution in [-0.2, 0) is 0 Å². The molecule has 0 saturated heterocycles. The molecule has 0 atom stereocenters. The van der Waals surface area contributed by atoms with Crippen LogP contribution in [0.3, 0.4) is 0 Å². The van der Waals surface area contributed by atoms with Gasteiger partial charge in [-0.1, -0.05) is 18.2 Å². The van der Waals surface area contributed by atoms with Crippen molar-refractivity contribution in [2.45, 2.75) is 6.92 Å². The first-order chi connectivity index (χ1) is 9.58. The Bertz CT molecular complexity index is 666. The van der Waals surface area contributed by atoms with E-state index < -0.39 is 5.91 Å². The number of hydrazone groups is 1. The summed E-state index contributed by atoms with van der Waals surface area (Å²) in [5.74, 6) is -0.324. The molecule has 2 rings (SSSR count). The van der Waals surface area contributed by atoms with Crippen molar-refractivity contribution in [3.05, 3.63) is 59.7 Å². The van der Waals surface area contributed by atoms with E-state index >= 15 is 0 Å². The van der Waals surface area contributed by atoms with Crippen LogP contribution in [0.25, 0.3) is 0 Å². The van der Waals surface area contributed by atoms with Crippen LogP contribution >= 0.6 is 0 Å². The molecule has 0 aliphatic rings. The minimum Gasteiger partial charge on any atom is -0.508 e. The van der Waals surface area contributed by atoms with Gasteiger partial charge in [0.25, 0.3) is 5.91 Å². The molecule has 2 aromatic rings. The number of hydrogen-bond donors (Lipinski definition) is 3. The maximum absolute atomic E-state index is 11.8. The summed E-state index contributed by atoms with van der Waals surface area (Å²) in [4.78, 5) is 11.8. The molecule has 0 unspecified atom stereocenters. The Hall–Kier alpha value is -2.82. The van der Waals surface area contributed by atoms with Crippen molar-refractivity contribution < 1.29 is 15.0 Å². The van der Waals surface area contributed by atoms with E-state index in [9.17, 15) is 15.0 Å². The van der Waals surface area contributed by atoms with Crippen LogP contribution in [0, 0.1) is 0 Å². The van der Waals surface area contributed by atoms with E-state index in [1.54, 1.807) is 43.3 Å². The van der Waals surface area contributed by atoms with E-state index in [1.807, 2.05) is 0 Å². The number of benzene rings is 2. The Balaban J connectivity index is 2.13. The summed E-state index contributed by atoms with van der Waals surface area (Å²) in [5.41, 5.74) is 3.71. The first-order valence-electron chi connectivity index (χ1n) is 6.00. The highest BCUT2D eigenvalue weighted by molar-refractivity contribution is 6.02. The van der Waals surface area contributed by atoms with Gasteiger partial charge in [-0.25, -0.2) is 5.43 Å². The van der Waals surface area contributed by atoms with Crippen LogP contribution in [0.15, 0.2) is 53.6 Å². The summed E-state index contributed by atoms with van der Waals surface area (Å²) in [6.45, 7) is 1.68. The Labute approximate surface area is 116 Å². The fraction of sp³-hybridized carbons (Fsp3) is 0.0667. The van der Waals surface area contributed by atoms with Crippen molar-refractivity contribution in [1.29, 1.82) is 0 Å². The van der Waals surface area contributed by atoms with E-state index in [4.69, 9.17) is 0 Å². The average molecular weight is 270 g/mol. The van der Waals surface area contributed by atoms with Crippen LogP contribution < -0.4 is 5.43 Å². The number of rotatable bonds is 3. The van der Waals surface area contributed by atoms with Crippen LogP contribution in [0.5, 0.6) is 11.5 Å². The van der Waals surface area contributed by atoms with Crippen LogP contribution in [-0.4, -0.2) is 21.8 Å². The number of amides is 1. The van der Waals surface area contributed by atoms with E-state index in [1.165, 1.54) is 12.1 Å². The normalized spacial score (nSPS) is 11.2. The zero-order valence-electron chi connectivity index (χ0n) is 10.9. The van der Waals surface area contributed by atoms with Gasteiger partial charge >= 0.3 is 0 Å². The standard InChI is InChI=1S/C15H14N2O3/c1-10(13-7-2-3-8-14(13)19)16-17-15(20)11-5-4-6-12(18)9-11/h2-9,18-19H,1H3,(H,17,20)/b16-10+. The zero-order valence-corrected chi connectivity index (χ0v) is 10.9. The van der Waals surface area contributed by atoms with Gasteiger partial charge in [0.2, 0.25) is 0 Å². The summed E-state index contributed by atoms with van der Waals surface area (Å²) < 4.78 is 0. The van der Waals surface area contributed by atoms with Gasteiger partial charge in [0.1, 0.15) is 11.5 Å². The highest BCUT2D eigenvalue weighted by Crippen LogP contribution is 2.16. The van der Waals surface area contributed by atoms with Crippen LogP contribution in [0.4, 0.5) is 0 Å². The van der Waals surface area contributed by atoms with Crippen molar-refractivity contribution in [1.82, 2.24) is 5.43 Å². The number of nitrogens with zero attached hydrogens (tertiary/aromatic N) is 1. The second-order valence-corrected chi connectivity index (χ2v) is 4.21. The molecule has 0 fully saturated rings. The number of aromatic hydroxyl groups is 2. The Morgan fingerprint density at radius 2 is 1.85 bits per heavy atom. The highest BCUT2D eigenvalue weighted by atomic mass is 16.3. The lowest BCUT2D eigenvalue weighted by atomic mass is 10.1. The molecule has 20 heavy (non-hydrogen) atoms. The third-order valence-corrected chi connectivity index (χ3v) is 2.73. The van der Waals surface area contributed by atoms with Crippen molar-refractivity contribution in [2.75, 3.05) is 0 Å². The average Bonchev–Trinajstić information content (AvgIpc) is 2.45. The SMILES string of the molecule is C/C(=N\NC(=O)c1cccc(O)c1)c1ccccc1O. The molecular weight excluding hydrogens is 256 g/mol. The lowest BCUT2D eigenvalue weighted by Gasteiger charge is -2.05. The predicted octanol–water partition coefficient (Wildman–Crippen LogP) is 2.25. The lowest BCUT2D eigenvalue weighted by molar-refractivity contribution is 0.0954. The van der Waals surface area contributed by atoms with Gasteiger partial charge in [-0.15, -0.1) is 0 Å². The molecule has 102 valence electrons. The first kappa shape index (κ1) is 13.6. The van der Waals surface area contributed by atoms with Gasteiger partial charge in [-0.3, -0.25) is 4.79 Å². The van der Waals surface area contributed by atoms with Crippen molar-refractivity contribution in [3.63, 3.8) is 0 Å². The van der Waals surface area contributed by atoms with E-state index in [-0.39, 0.29) is 11.5 Å². The monoisotopic (exact) mass is 270 g/mol. The summed E-state index contributed by atoms with van der Waals surface area (Å²) in [6, 6.07) is 12.7. The second-order valence-electron chi connectivity index (χ2n) is 4.21. The fourth-order valence-electron chi connectivity index (χ4n) is 1.69. The molecular formula is C15H14N2O3. The number of phenolic OH excluding ortho intramolecular Hbond substituents is 2. The second kappa shape index (κ2) is 5.88. The Morgan fingerprint density at radius 3 is 2.55 bits per heavy atom.